The molecule has 0 atom stereocenters. The Morgan fingerprint density at radius 2 is 0.191 bits per heavy atom. The van der Waals surface area contributed by atoms with Gasteiger partial charge in [0.25, 0.3) is 0 Å². The summed E-state index contributed by atoms with van der Waals surface area (Å²) in [7, 11) is 0. The van der Waals surface area contributed by atoms with Crippen LogP contribution in [0.1, 0.15) is 63.7 Å². The van der Waals surface area contributed by atoms with Crippen LogP contribution in [0.25, 0.3) is 23.0 Å². The molecule has 136 heavy (non-hydrogen) atoms. The average molecular weight is 2080 g/mol. The SMILES string of the molecule is O=C(/C=C(\[O-])c1c(F)c(F)c(F)c(F)c1F)c1c(F)c(F)c(F)c(F)c1F.O=C(/C=C(\[O-])c1c(F)c(F)c(F)c(F)c1F)c1c(F)c(F)c(F)c(F)c1F.O=C(/C=C(\[O-])c1c(F)c(F)c(F)c(F)c1F)c1c(F)c(F)c(F)c(F)c1F.O=C(/C=C(\[O-])c1c(F)c(F)c(F)c(F)c1F)c1c(F)c(F)c(F)c(F)c1F.[Ni+2].[Ni+2].[OH3+].[OH3+].c1ccccc1.c1ccccc1.c1ccccc1.c1ccccc1. The van der Waals surface area contributed by atoms with Crippen LogP contribution in [0.4, 0.5) is 176 Å². The van der Waals surface area contributed by atoms with Gasteiger partial charge in [-0.1, -0.05) is 169 Å². The van der Waals surface area contributed by atoms with E-state index in [4.69, 9.17) is 0 Å². The Kier molecular flexibility index (Phi) is 46.0. The molecule has 0 radical (unpaired) electrons. The third-order valence-electron chi connectivity index (χ3n) is 15.4. The third-order valence-corrected chi connectivity index (χ3v) is 15.4. The van der Waals surface area contributed by atoms with E-state index in [0.717, 1.165) is 0 Å². The molecular formula is C84H34F40Ni2O10+2. The van der Waals surface area contributed by atoms with Gasteiger partial charge in [0, 0.05) is 22.3 Å². The summed E-state index contributed by atoms with van der Waals surface area (Å²) in [5.41, 5.74) is -17.3. The van der Waals surface area contributed by atoms with Gasteiger partial charge in [-0.05, 0) is 24.3 Å². The minimum atomic E-state index is -2.64. The number of halogens is 40. The molecule has 10 nitrogen and oxygen atoms in total. The van der Waals surface area contributed by atoms with E-state index in [-0.39, 0.29) is 43.9 Å². The molecular weight excluding hydrogens is 2050 g/mol. The van der Waals surface area contributed by atoms with Gasteiger partial charge in [0.05, 0.1) is 22.3 Å². The van der Waals surface area contributed by atoms with E-state index in [2.05, 4.69) is 0 Å². The summed E-state index contributed by atoms with van der Waals surface area (Å²) in [6, 6.07) is 48.0. The number of carbonyl (C=O) groups is 4. The molecule has 0 spiro atoms. The van der Waals surface area contributed by atoms with Crippen molar-refractivity contribution in [2.75, 3.05) is 0 Å². The van der Waals surface area contributed by atoms with Crippen LogP contribution >= 0.6 is 0 Å². The second kappa shape index (κ2) is 52.3. The Labute approximate surface area is 749 Å². The second-order valence-corrected chi connectivity index (χ2v) is 23.7. The van der Waals surface area contributed by atoms with Gasteiger partial charge in [0.1, 0.15) is 0 Å². The van der Waals surface area contributed by atoms with E-state index < -0.39 is 348 Å². The number of allylic oxidation sites excluding steroid dienone is 4. The van der Waals surface area contributed by atoms with Gasteiger partial charge in [-0.3, -0.25) is 19.2 Å². The molecule has 0 heterocycles. The van der Waals surface area contributed by atoms with Crippen LogP contribution in [0.3, 0.4) is 0 Å². The molecule has 728 valence electrons. The molecule has 0 aliphatic heterocycles. The fourth-order valence-electron chi connectivity index (χ4n) is 9.16. The minimum absolute atomic E-state index is 0. The number of ketones is 4. The van der Waals surface area contributed by atoms with E-state index >= 15 is 0 Å². The van der Waals surface area contributed by atoms with E-state index in [0.29, 0.717) is 0 Å². The summed E-state index contributed by atoms with van der Waals surface area (Å²) in [5.74, 6) is -123. The fourth-order valence-corrected chi connectivity index (χ4v) is 9.16. The van der Waals surface area contributed by atoms with Gasteiger partial charge >= 0.3 is 33.0 Å². The molecule has 0 unspecified atom stereocenters. The maximum absolute atomic E-state index is 13.5. The van der Waals surface area contributed by atoms with Crippen molar-refractivity contribution in [2.45, 2.75) is 0 Å². The Balaban J connectivity index is 0.000000824. The first-order valence-electron chi connectivity index (χ1n) is 33.5. The van der Waals surface area contributed by atoms with E-state index in [1.54, 1.807) is 0 Å². The van der Waals surface area contributed by atoms with Gasteiger partial charge in [0.2, 0.25) is 46.5 Å². The molecule has 12 aromatic carbocycles. The van der Waals surface area contributed by atoms with Crippen molar-refractivity contribution < 1.29 is 259 Å². The Bertz CT molecular complexity index is 5420. The first-order valence-corrected chi connectivity index (χ1v) is 33.5. The largest absolute Gasteiger partial charge is 2.00 e. The molecule has 0 aromatic heterocycles. The van der Waals surface area contributed by atoms with Crippen molar-refractivity contribution in [3.8, 4) is 0 Å². The number of hydrogen-bond acceptors (Lipinski definition) is 8. The van der Waals surface area contributed by atoms with Gasteiger partial charge in [-0.25, -0.2) is 176 Å². The number of carbonyl (C=O) groups excluding carboxylic acids is 4. The number of rotatable bonds is 12. The zero-order valence-corrected chi connectivity index (χ0v) is 66.3. The Hall–Kier alpha value is -14.4. The predicted octanol–water partition coefficient (Wildman–Crippen LogP) is 19.5. The molecule has 0 saturated heterocycles. The van der Waals surface area contributed by atoms with E-state index in [1.165, 1.54) is 0 Å². The number of benzene rings is 12. The Morgan fingerprint density at radius 3 is 0.265 bits per heavy atom. The van der Waals surface area contributed by atoms with Gasteiger partial charge in [-0.15, -0.1) is 0 Å². The van der Waals surface area contributed by atoms with Gasteiger partial charge in [0.15, 0.2) is 209 Å². The minimum Gasteiger partial charge on any atom is -0.872 e. The summed E-state index contributed by atoms with van der Waals surface area (Å²) in [5, 5.41) is 46.5. The monoisotopic (exact) mass is 2080 g/mol. The zero-order chi connectivity index (χ0) is 100. The molecule has 0 fully saturated rings. The first-order chi connectivity index (χ1) is 61.6. The first kappa shape index (κ1) is 120. The zero-order valence-electron chi connectivity index (χ0n) is 64.3. The number of hydrogen-bond donors (Lipinski definition) is 0. The van der Waals surface area contributed by atoms with Crippen LogP contribution in [0.2, 0.25) is 0 Å². The smallest absolute Gasteiger partial charge is 0.872 e. The van der Waals surface area contributed by atoms with Crippen LogP contribution in [0.15, 0.2) is 170 Å². The summed E-state index contributed by atoms with van der Waals surface area (Å²) in [6.45, 7) is 0. The average Bonchev–Trinajstić information content (AvgIpc) is 0.770. The molecule has 0 bridgehead atoms. The predicted molar refractivity (Wildman–Crippen MR) is 375 cm³/mol. The van der Waals surface area contributed by atoms with E-state index in [1.807, 2.05) is 146 Å². The normalized spacial score (nSPS) is 10.8. The quantitative estimate of drug-likeness (QED) is 0.0167. The fraction of sp³-hybridized carbons (Fsp3) is 0. The standard InChI is InChI=1S/4C15H2F10O2.4C6H6.2Ni.2H2O/c4*16-6-4(7(17)11(21)14(24)10(6)20)2(26)1-3(27)5-8(18)12(22)15(25)13(23)9(5)19;4*1-2-4-6-5-3-1;;;;/h4*1,26H;4*1-6H;;;2*1H2/q;;;;;;;;2*+2;;/p-2/b4*2-1-;;;;;;;;. The molecule has 52 heteroatoms. The topological polar surface area (TPSA) is 227 Å². The van der Waals surface area contributed by atoms with Crippen LogP contribution in [0.5, 0.6) is 0 Å². The van der Waals surface area contributed by atoms with Crippen LogP contribution < -0.4 is 20.4 Å². The summed E-state index contributed by atoms with van der Waals surface area (Å²) in [6.07, 6.45) is -2.35. The summed E-state index contributed by atoms with van der Waals surface area (Å²) < 4.78 is 527. The van der Waals surface area contributed by atoms with Gasteiger partial charge < -0.3 is 31.4 Å². The molecule has 0 saturated carbocycles. The Morgan fingerprint density at radius 1 is 0.132 bits per heavy atom. The maximum Gasteiger partial charge on any atom is 2.00 e. The van der Waals surface area contributed by atoms with Crippen molar-refractivity contribution in [2.24, 2.45) is 0 Å². The maximum atomic E-state index is 13.5. The molecule has 0 amide bonds. The van der Waals surface area contributed by atoms with Crippen molar-refractivity contribution in [3.05, 3.63) is 447 Å². The second-order valence-electron chi connectivity index (χ2n) is 23.7. The molecule has 0 aliphatic carbocycles. The van der Waals surface area contributed by atoms with Crippen molar-refractivity contribution in [1.29, 1.82) is 0 Å². The van der Waals surface area contributed by atoms with Crippen LogP contribution in [0, 0.1) is 233 Å². The molecule has 12 rings (SSSR count). The summed E-state index contributed by atoms with van der Waals surface area (Å²) in [4.78, 5) is 46.5. The molecule has 6 N–H and O–H groups in total. The van der Waals surface area contributed by atoms with Crippen molar-refractivity contribution in [1.82, 2.24) is 0 Å². The van der Waals surface area contributed by atoms with Crippen LogP contribution in [-0.2, 0) is 43.9 Å². The van der Waals surface area contributed by atoms with Crippen molar-refractivity contribution >= 4 is 46.2 Å². The summed E-state index contributed by atoms with van der Waals surface area (Å²) >= 11 is 0. The van der Waals surface area contributed by atoms with E-state index in [9.17, 15) is 215 Å². The molecule has 0 aliphatic rings. The third kappa shape index (κ3) is 27.0. The van der Waals surface area contributed by atoms with Gasteiger partial charge in [-0.2, -0.15) is 0 Å². The van der Waals surface area contributed by atoms with Crippen molar-refractivity contribution in [3.63, 3.8) is 0 Å². The molecule has 12 aromatic rings. The van der Waals surface area contributed by atoms with Crippen LogP contribution in [-0.4, -0.2) is 23.1 Å².